The molecule has 0 saturated carbocycles. The highest BCUT2D eigenvalue weighted by atomic mass is 16.5. The molecule has 4 nitrogen and oxygen atoms in total. The van der Waals surface area contributed by atoms with Gasteiger partial charge in [-0.25, -0.2) is 0 Å². The van der Waals surface area contributed by atoms with Gasteiger partial charge in [-0.1, -0.05) is 35.0 Å². The van der Waals surface area contributed by atoms with Gasteiger partial charge in [-0.2, -0.15) is 4.98 Å². The second kappa shape index (κ2) is 6.85. The highest BCUT2D eigenvalue weighted by molar-refractivity contribution is 5.24. The van der Waals surface area contributed by atoms with Crippen molar-refractivity contribution in [3.63, 3.8) is 0 Å². The van der Waals surface area contributed by atoms with Crippen molar-refractivity contribution in [1.29, 1.82) is 0 Å². The first-order valence-electron chi connectivity index (χ1n) is 7.87. The van der Waals surface area contributed by atoms with Crippen LogP contribution in [0.2, 0.25) is 0 Å². The Bertz CT molecular complexity index is 573. The van der Waals surface area contributed by atoms with E-state index in [1.807, 2.05) is 0 Å². The molecule has 0 bridgehead atoms. The minimum absolute atomic E-state index is 0.749. The van der Waals surface area contributed by atoms with Gasteiger partial charge >= 0.3 is 0 Å². The zero-order valence-electron chi connectivity index (χ0n) is 12.6. The monoisotopic (exact) mass is 285 g/mol. The first-order chi connectivity index (χ1) is 10.3. The van der Waals surface area contributed by atoms with E-state index < -0.39 is 0 Å². The normalized spacial score (nSPS) is 16.2. The van der Waals surface area contributed by atoms with E-state index in [4.69, 9.17) is 4.52 Å². The van der Waals surface area contributed by atoms with E-state index >= 15 is 0 Å². The molecular weight excluding hydrogens is 262 g/mol. The lowest BCUT2D eigenvalue weighted by molar-refractivity contribution is 0.323. The summed E-state index contributed by atoms with van der Waals surface area (Å²) < 4.78 is 5.38. The predicted octanol–water partition coefficient (Wildman–Crippen LogP) is 2.90. The Morgan fingerprint density at radius 2 is 2.14 bits per heavy atom. The summed E-state index contributed by atoms with van der Waals surface area (Å²) in [6, 6.07) is 8.45. The van der Waals surface area contributed by atoms with Crippen LogP contribution in [0, 0.1) is 12.8 Å². The molecule has 0 radical (unpaired) electrons. The molecule has 112 valence electrons. The van der Waals surface area contributed by atoms with Crippen LogP contribution in [-0.4, -0.2) is 23.2 Å². The van der Waals surface area contributed by atoms with Crippen LogP contribution in [0.3, 0.4) is 0 Å². The zero-order valence-corrected chi connectivity index (χ0v) is 12.6. The molecule has 1 aliphatic rings. The molecule has 0 atom stereocenters. The van der Waals surface area contributed by atoms with Crippen LogP contribution < -0.4 is 5.32 Å². The van der Waals surface area contributed by atoms with Crippen molar-refractivity contribution in [2.75, 3.05) is 13.1 Å². The first-order valence-corrected chi connectivity index (χ1v) is 7.87. The number of aryl methyl sites for hydroxylation is 2. The van der Waals surface area contributed by atoms with E-state index in [0.29, 0.717) is 0 Å². The Hall–Kier alpha value is -1.68. The number of benzene rings is 1. The number of aromatic nitrogens is 2. The van der Waals surface area contributed by atoms with Crippen molar-refractivity contribution in [2.24, 2.45) is 5.92 Å². The molecule has 0 aliphatic carbocycles. The fourth-order valence-electron chi connectivity index (χ4n) is 2.97. The molecule has 2 aromatic rings. The predicted molar refractivity (Wildman–Crippen MR) is 82.2 cm³/mol. The SMILES string of the molecule is Cc1cccc(Cc2noc(CCC3CCNCC3)n2)c1. The van der Waals surface area contributed by atoms with Crippen LogP contribution >= 0.6 is 0 Å². The average Bonchev–Trinajstić information content (AvgIpc) is 2.94. The molecule has 1 aliphatic heterocycles. The van der Waals surface area contributed by atoms with Gasteiger partial charge in [0, 0.05) is 12.8 Å². The van der Waals surface area contributed by atoms with Gasteiger partial charge in [-0.3, -0.25) is 0 Å². The summed E-state index contributed by atoms with van der Waals surface area (Å²) in [6.45, 7) is 4.39. The van der Waals surface area contributed by atoms with Crippen molar-refractivity contribution in [3.05, 3.63) is 47.1 Å². The van der Waals surface area contributed by atoms with Gasteiger partial charge in [0.25, 0.3) is 0 Å². The summed E-state index contributed by atoms with van der Waals surface area (Å²) >= 11 is 0. The van der Waals surface area contributed by atoms with Crippen LogP contribution in [-0.2, 0) is 12.8 Å². The molecule has 1 saturated heterocycles. The van der Waals surface area contributed by atoms with E-state index in [0.717, 1.165) is 50.0 Å². The minimum Gasteiger partial charge on any atom is -0.339 e. The second-order valence-corrected chi connectivity index (χ2v) is 6.00. The number of nitrogens with zero attached hydrogens (tertiary/aromatic N) is 2. The Morgan fingerprint density at radius 3 is 2.95 bits per heavy atom. The van der Waals surface area contributed by atoms with Gasteiger partial charge in [0.15, 0.2) is 5.82 Å². The highest BCUT2D eigenvalue weighted by Crippen LogP contribution is 2.18. The molecule has 1 fully saturated rings. The van der Waals surface area contributed by atoms with Crippen molar-refractivity contribution in [1.82, 2.24) is 15.5 Å². The van der Waals surface area contributed by atoms with Crippen molar-refractivity contribution in [2.45, 2.75) is 39.0 Å². The van der Waals surface area contributed by atoms with Crippen molar-refractivity contribution >= 4 is 0 Å². The van der Waals surface area contributed by atoms with Gasteiger partial charge in [0.05, 0.1) is 0 Å². The summed E-state index contributed by atoms with van der Waals surface area (Å²) in [5.74, 6) is 2.38. The number of piperidine rings is 1. The number of hydrogen-bond donors (Lipinski definition) is 1. The summed E-state index contributed by atoms with van der Waals surface area (Å²) in [5, 5.41) is 7.50. The van der Waals surface area contributed by atoms with Crippen LogP contribution in [0.1, 0.15) is 42.1 Å². The smallest absolute Gasteiger partial charge is 0.226 e. The van der Waals surface area contributed by atoms with Gasteiger partial charge in [0.1, 0.15) is 0 Å². The van der Waals surface area contributed by atoms with Crippen molar-refractivity contribution < 1.29 is 4.52 Å². The van der Waals surface area contributed by atoms with Crippen LogP contribution in [0.4, 0.5) is 0 Å². The Labute approximate surface area is 126 Å². The molecule has 4 heteroatoms. The van der Waals surface area contributed by atoms with Crippen LogP contribution in [0.5, 0.6) is 0 Å². The van der Waals surface area contributed by atoms with E-state index in [1.54, 1.807) is 0 Å². The highest BCUT2D eigenvalue weighted by Gasteiger charge is 2.15. The summed E-state index contributed by atoms with van der Waals surface area (Å²) in [4.78, 5) is 4.53. The molecule has 21 heavy (non-hydrogen) atoms. The lowest BCUT2D eigenvalue weighted by Crippen LogP contribution is -2.27. The van der Waals surface area contributed by atoms with E-state index in [9.17, 15) is 0 Å². The standard InChI is InChI=1S/C17H23N3O/c1-13-3-2-4-15(11-13)12-16-19-17(21-20-16)6-5-14-7-9-18-10-8-14/h2-4,11,14,18H,5-10,12H2,1H3. The molecule has 1 N–H and O–H groups in total. The number of rotatable bonds is 5. The molecule has 1 aromatic heterocycles. The van der Waals surface area contributed by atoms with Gasteiger partial charge in [0.2, 0.25) is 5.89 Å². The molecule has 3 rings (SSSR count). The lowest BCUT2D eigenvalue weighted by atomic mass is 9.93. The van der Waals surface area contributed by atoms with E-state index in [1.165, 1.54) is 24.0 Å². The van der Waals surface area contributed by atoms with E-state index in [2.05, 4.69) is 46.6 Å². The zero-order chi connectivity index (χ0) is 14.5. The number of nitrogens with one attached hydrogen (secondary N) is 1. The summed E-state index contributed by atoms with van der Waals surface area (Å²) in [6.07, 6.45) is 5.35. The quantitative estimate of drug-likeness (QED) is 0.917. The first kappa shape index (κ1) is 14.3. The average molecular weight is 285 g/mol. The Morgan fingerprint density at radius 1 is 1.29 bits per heavy atom. The summed E-state index contributed by atoms with van der Waals surface area (Å²) in [7, 11) is 0. The Kier molecular flexibility index (Phi) is 4.65. The lowest BCUT2D eigenvalue weighted by Gasteiger charge is -2.21. The molecule has 2 heterocycles. The third kappa shape index (κ3) is 4.14. The largest absolute Gasteiger partial charge is 0.339 e. The topological polar surface area (TPSA) is 51.0 Å². The second-order valence-electron chi connectivity index (χ2n) is 6.00. The maximum atomic E-state index is 5.38. The fourth-order valence-corrected chi connectivity index (χ4v) is 2.97. The Balaban J connectivity index is 1.53. The number of hydrogen-bond acceptors (Lipinski definition) is 4. The third-order valence-electron chi connectivity index (χ3n) is 4.18. The fraction of sp³-hybridized carbons (Fsp3) is 0.529. The third-order valence-corrected chi connectivity index (χ3v) is 4.18. The molecule has 0 unspecified atom stereocenters. The van der Waals surface area contributed by atoms with E-state index in [-0.39, 0.29) is 0 Å². The van der Waals surface area contributed by atoms with Gasteiger partial charge in [-0.05, 0) is 50.8 Å². The van der Waals surface area contributed by atoms with Gasteiger partial charge in [-0.15, -0.1) is 0 Å². The maximum Gasteiger partial charge on any atom is 0.226 e. The van der Waals surface area contributed by atoms with Gasteiger partial charge < -0.3 is 9.84 Å². The van der Waals surface area contributed by atoms with Crippen LogP contribution in [0.25, 0.3) is 0 Å². The minimum atomic E-state index is 0.749. The van der Waals surface area contributed by atoms with Crippen molar-refractivity contribution in [3.8, 4) is 0 Å². The molecular formula is C17H23N3O. The molecule has 0 spiro atoms. The van der Waals surface area contributed by atoms with Crippen LogP contribution in [0.15, 0.2) is 28.8 Å². The molecule has 0 amide bonds. The summed E-state index contributed by atoms with van der Waals surface area (Å²) in [5.41, 5.74) is 2.50. The maximum absolute atomic E-state index is 5.38. The molecule has 1 aromatic carbocycles.